The van der Waals surface area contributed by atoms with E-state index in [9.17, 15) is 9.18 Å². The highest BCUT2D eigenvalue weighted by Crippen LogP contribution is 2.34. The molecule has 0 aliphatic carbocycles. The maximum Gasteiger partial charge on any atom is 0.274 e. The molecule has 0 atom stereocenters. The molecule has 0 radical (unpaired) electrons. The zero-order chi connectivity index (χ0) is 22.1. The smallest absolute Gasteiger partial charge is 0.274 e. The number of rotatable bonds is 4. The molecule has 8 heteroatoms. The van der Waals surface area contributed by atoms with Crippen LogP contribution in [0.2, 0.25) is 0 Å². The first-order chi connectivity index (χ1) is 15.6. The Morgan fingerprint density at radius 2 is 1.78 bits per heavy atom. The second-order valence-corrected chi connectivity index (χ2v) is 8.57. The summed E-state index contributed by atoms with van der Waals surface area (Å²) in [5, 5.41) is 3.39. The van der Waals surface area contributed by atoms with Crippen LogP contribution in [0.4, 0.5) is 4.39 Å². The quantitative estimate of drug-likeness (QED) is 0.678. The van der Waals surface area contributed by atoms with Crippen molar-refractivity contribution in [3.05, 3.63) is 58.5 Å². The van der Waals surface area contributed by atoms with E-state index in [-0.39, 0.29) is 23.3 Å². The highest BCUT2D eigenvalue weighted by Gasteiger charge is 2.28. The number of nitrogens with zero attached hydrogens (tertiary/aromatic N) is 4. The number of benzene rings is 1. The van der Waals surface area contributed by atoms with Crippen molar-refractivity contribution in [3.63, 3.8) is 0 Å². The van der Waals surface area contributed by atoms with E-state index in [0.717, 1.165) is 56.0 Å². The third-order valence-corrected chi connectivity index (χ3v) is 6.59. The van der Waals surface area contributed by atoms with E-state index in [1.807, 2.05) is 13.1 Å². The summed E-state index contributed by atoms with van der Waals surface area (Å²) in [5.41, 5.74) is 2.67. The van der Waals surface area contributed by atoms with Crippen molar-refractivity contribution in [3.8, 4) is 22.5 Å². The van der Waals surface area contributed by atoms with Crippen molar-refractivity contribution in [2.45, 2.75) is 37.6 Å². The van der Waals surface area contributed by atoms with Crippen LogP contribution in [0.3, 0.4) is 0 Å². The van der Waals surface area contributed by atoms with Crippen LogP contribution in [0, 0.1) is 5.82 Å². The van der Waals surface area contributed by atoms with Crippen LogP contribution in [0.15, 0.2) is 41.3 Å². The number of hydrogen-bond acceptors (Lipinski definition) is 5. The Bertz CT molecular complexity index is 1140. The molecule has 2 aliphatic heterocycles. The molecule has 4 heterocycles. The minimum atomic E-state index is -0.325. The SMILES string of the molecule is Cn1c(=O)c(-c2ccc(F)cc2)c(-c2ccnc(C3CCOCC3)n2)n1C1CCNCC1. The summed E-state index contributed by atoms with van der Waals surface area (Å²) in [6, 6.07) is 8.19. The molecule has 2 aliphatic rings. The lowest BCUT2D eigenvalue weighted by Crippen LogP contribution is -2.33. The van der Waals surface area contributed by atoms with E-state index in [1.54, 1.807) is 23.0 Å². The lowest BCUT2D eigenvalue weighted by atomic mass is 9.98. The fraction of sp³-hybridized carbons (Fsp3) is 0.458. The Hall–Kier alpha value is -2.84. The maximum atomic E-state index is 13.6. The van der Waals surface area contributed by atoms with Crippen molar-refractivity contribution in [1.29, 1.82) is 0 Å². The van der Waals surface area contributed by atoms with Gasteiger partial charge >= 0.3 is 0 Å². The van der Waals surface area contributed by atoms with Gasteiger partial charge in [0.1, 0.15) is 11.6 Å². The first-order valence-electron chi connectivity index (χ1n) is 11.3. The van der Waals surface area contributed by atoms with Crippen LogP contribution in [-0.2, 0) is 11.8 Å². The maximum absolute atomic E-state index is 13.6. The van der Waals surface area contributed by atoms with Gasteiger partial charge in [0.2, 0.25) is 0 Å². The third kappa shape index (κ3) is 3.89. The zero-order valence-corrected chi connectivity index (χ0v) is 18.3. The Morgan fingerprint density at radius 1 is 1.06 bits per heavy atom. The van der Waals surface area contributed by atoms with Crippen molar-refractivity contribution in [2.75, 3.05) is 26.3 Å². The highest BCUT2D eigenvalue weighted by molar-refractivity contribution is 5.79. The molecular formula is C24H28FN5O2. The van der Waals surface area contributed by atoms with Gasteiger partial charge in [-0.25, -0.2) is 14.4 Å². The molecule has 0 saturated carbocycles. The third-order valence-electron chi connectivity index (χ3n) is 6.59. The summed E-state index contributed by atoms with van der Waals surface area (Å²) < 4.78 is 22.9. The minimum absolute atomic E-state index is 0.101. The van der Waals surface area contributed by atoms with Gasteiger partial charge in [-0.2, -0.15) is 0 Å². The molecule has 0 unspecified atom stereocenters. The van der Waals surface area contributed by atoms with Crippen LogP contribution in [0.5, 0.6) is 0 Å². The standard InChI is InChI=1S/C24H28FN5O2/c1-29-24(31)21(16-2-4-18(25)5-3-16)22(30(29)19-6-11-26-12-7-19)20-8-13-27-23(28-20)17-9-14-32-15-10-17/h2-5,8,13,17,19,26H,6-7,9-12,14-15H2,1H3. The van der Waals surface area contributed by atoms with Crippen molar-refractivity contribution in [1.82, 2.24) is 24.6 Å². The van der Waals surface area contributed by atoms with Crippen molar-refractivity contribution in [2.24, 2.45) is 7.05 Å². The average molecular weight is 438 g/mol. The van der Waals surface area contributed by atoms with Crippen LogP contribution in [0.1, 0.15) is 43.5 Å². The number of hydrogen-bond donors (Lipinski definition) is 1. The molecule has 2 saturated heterocycles. The predicted molar refractivity (Wildman–Crippen MR) is 120 cm³/mol. The van der Waals surface area contributed by atoms with Crippen molar-refractivity contribution >= 4 is 0 Å². The molecule has 0 bridgehead atoms. The first kappa shape index (κ1) is 21.0. The molecule has 1 N–H and O–H groups in total. The van der Waals surface area contributed by atoms with E-state index in [1.165, 1.54) is 12.1 Å². The van der Waals surface area contributed by atoms with Gasteiger partial charge in [0.25, 0.3) is 5.56 Å². The number of ether oxygens (including phenoxy) is 1. The average Bonchev–Trinajstić information content (AvgIpc) is 3.11. The summed E-state index contributed by atoms with van der Waals surface area (Å²) in [6.07, 6.45) is 5.42. The molecule has 1 aromatic carbocycles. The molecule has 3 aromatic rings. The predicted octanol–water partition coefficient (Wildman–Crippen LogP) is 3.27. The summed E-state index contributed by atoms with van der Waals surface area (Å²) in [7, 11) is 1.81. The van der Waals surface area contributed by atoms with Crippen molar-refractivity contribution < 1.29 is 9.13 Å². The van der Waals surface area contributed by atoms with E-state index < -0.39 is 0 Å². The second kappa shape index (κ2) is 8.96. The molecular weight excluding hydrogens is 409 g/mol. The molecule has 2 fully saturated rings. The van der Waals surface area contributed by atoms with E-state index in [2.05, 4.69) is 15.0 Å². The van der Waals surface area contributed by atoms with Crippen LogP contribution >= 0.6 is 0 Å². The largest absolute Gasteiger partial charge is 0.381 e. The van der Waals surface area contributed by atoms with E-state index in [4.69, 9.17) is 9.72 Å². The van der Waals surface area contributed by atoms with Crippen LogP contribution in [-0.4, -0.2) is 45.6 Å². The van der Waals surface area contributed by atoms with Gasteiger partial charge in [-0.3, -0.25) is 14.2 Å². The Balaban J connectivity index is 1.69. The molecule has 2 aromatic heterocycles. The summed E-state index contributed by atoms with van der Waals surface area (Å²) in [6.45, 7) is 3.23. The fourth-order valence-corrected chi connectivity index (χ4v) is 4.88. The molecule has 0 amide bonds. The lowest BCUT2D eigenvalue weighted by Gasteiger charge is -2.27. The number of piperidine rings is 1. The zero-order valence-electron chi connectivity index (χ0n) is 18.3. The topological polar surface area (TPSA) is 74.0 Å². The summed E-state index contributed by atoms with van der Waals surface area (Å²) >= 11 is 0. The molecule has 168 valence electrons. The highest BCUT2D eigenvalue weighted by atomic mass is 19.1. The van der Waals surface area contributed by atoms with Gasteiger partial charge < -0.3 is 10.1 Å². The normalized spacial score (nSPS) is 18.2. The Kier molecular flexibility index (Phi) is 5.89. The van der Waals surface area contributed by atoms with E-state index >= 15 is 0 Å². The van der Waals surface area contributed by atoms with Crippen LogP contribution < -0.4 is 10.9 Å². The van der Waals surface area contributed by atoms with Gasteiger partial charge in [0.05, 0.1) is 23.0 Å². The fourth-order valence-electron chi connectivity index (χ4n) is 4.88. The molecule has 7 nitrogen and oxygen atoms in total. The van der Waals surface area contributed by atoms with Gasteiger partial charge in [0, 0.05) is 32.4 Å². The second-order valence-electron chi connectivity index (χ2n) is 8.57. The van der Waals surface area contributed by atoms with Gasteiger partial charge in [0.15, 0.2) is 0 Å². The van der Waals surface area contributed by atoms with E-state index in [0.29, 0.717) is 24.3 Å². The monoisotopic (exact) mass is 437 g/mol. The molecule has 32 heavy (non-hydrogen) atoms. The number of halogens is 1. The minimum Gasteiger partial charge on any atom is -0.381 e. The molecule has 0 spiro atoms. The number of aromatic nitrogens is 4. The Labute approximate surface area is 186 Å². The summed E-state index contributed by atoms with van der Waals surface area (Å²) in [5.74, 6) is 0.721. The summed E-state index contributed by atoms with van der Waals surface area (Å²) in [4.78, 5) is 23.0. The van der Waals surface area contributed by atoms with Gasteiger partial charge in [-0.15, -0.1) is 0 Å². The van der Waals surface area contributed by atoms with Gasteiger partial charge in [-0.1, -0.05) is 12.1 Å². The van der Waals surface area contributed by atoms with Crippen LogP contribution in [0.25, 0.3) is 22.5 Å². The Morgan fingerprint density at radius 3 is 2.50 bits per heavy atom. The number of nitrogens with one attached hydrogen (secondary N) is 1. The lowest BCUT2D eigenvalue weighted by molar-refractivity contribution is 0.0836. The molecule has 5 rings (SSSR count). The first-order valence-corrected chi connectivity index (χ1v) is 11.3. The van der Waals surface area contributed by atoms with Gasteiger partial charge in [-0.05, 0) is 62.5 Å².